The zero-order valence-corrected chi connectivity index (χ0v) is 8.08. The molecule has 1 aliphatic carbocycles. The second kappa shape index (κ2) is 2.53. The van der Waals surface area contributed by atoms with Gasteiger partial charge in [-0.25, -0.2) is 0 Å². The van der Waals surface area contributed by atoms with E-state index in [0.717, 1.165) is 6.42 Å². The number of phenolic OH excluding ortho intramolecular Hbond substituents is 1. The van der Waals surface area contributed by atoms with Crippen LogP contribution < -0.4 is 4.74 Å². The summed E-state index contributed by atoms with van der Waals surface area (Å²) in [6.07, 6.45) is 5.33. The Kier molecular flexibility index (Phi) is 1.43. The van der Waals surface area contributed by atoms with Gasteiger partial charge in [-0.05, 0) is 30.5 Å². The van der Waals surface area contributed by atoms with Crippen LogP contribution in [0.1, 0.15) is 22.6 Å². The molecule has 1 aromatic carbocycles. The number of hydrogen-bond donors (Lipinski definition) is 1. The van der Waals surface area contributed by atoms with Crippen LogP contribution in [0.4, 0.5) is 0 Å². The molecule has 2 nitrogen and oxygen atoms in total. The van der Waals surface area contributed by atoms with Gasteiger partial charge in [0.2, 0.25) is 0 Å². The molecule has 0 saturated heterocycles. The third kappa shape index (κ3) is 0.857. The van der Waals surface area contributed by atoms with Gasteiger partial charge in [0.25, 0.3) is 0 Å². The summed E-state index contributed by atoms with van der Waals surface area (Å²) in [5.41, 5.74) is 3.72. The Bertz CT molecular complexity index is 432. The van der Waals surface area contributed by atoms with Gasteiger partial charge in [-0.2, -0.15) is 0 Å². The van der Waals surface area contributed by atoms with E-state index in [1.54, 1.807) is 6.07 Å². The number of hydrogen-bond acceptors (Lipinski definition) is 2. The van der Waals surface area contributed by atoms with Crippen LogP contribution in [0.5, 0.6) is 11.5 Å². The van der Waals surface area contributed by atoms with Crippen LogP contribution in [0, 0.1) is 6.92 Å². The highest BCUT2D eigenvalue weighted by atomic mass is 16.5. The predicted molar refractivity (Wildman–Crippen MR) is 53.9 cm³/mol. The topological polar surface area (TPSA) is 29.5 Å². The van der Waals surface area contributed by atoms with Crippen molar-refractivity contribution >= 4 is 0 Å². The first-order valence-corrected chi connectivity index (χ1v) is 4.92. The minimum Gasteiger partial charge on any atom is -0.504 e. The van der Waals surface area contributed by atoms with Gasteiger partial charge in [0.05, 0.1) is 6.61 Å². The monoisotopic (exact) mass is 188 g/mol. The first-order chi connectivity index (χ1) is 6.77. The third-order valence-corrected chi connectivity index (χ3v) is 3.10. The summed E-state index contributed by atoms with van der Waals surface area (Å²) in [5, 5.41) is 9.72. The molecule has 2 heteroatoms. The molecule has 1 heterocycles. The van der Waals surface area contributed by atoms with Crippen LogP contribution in [-0.2, 0) is 6.42 Å². The summed E-state index contributed by atoms with van der Waals surface area (Å²) in [4.78, 5) is 0. The highest BCUT2D eigenvalue weighted by molar-refractivity contribution is 5.59. The maximum atomic E-state index is 9.72. The molecule has 72 valence electrons. The maximum Gasteiger partial charge on any atom is 0.165 e. The Balaban J connectivity index is 2.33. The average molecular weight is 188 g/mol. The lowest BCUT2D eigenvalue weighted by atomic mass is 9.86. The van der Waals surface area contributed by atoms with Gasteiger partial charge >= 0.3 is 0 Å². The van der Waals surface area contributed by atoms with E-state index in [4.69, 9.17) is 4.74 Å². The van der Waals surface area contributed by atoms with Crippen molar-refractivity contribution in [2.24, 2.45) is 0 Å². The fourth-order valence-corrected chi connectivity index (χ4v) is 2.42. The molecule has 1 atom stereocenters. The molecule has 0 saturated carbocycles. The second-order valence-electron chi connectivity index (χ2n) is 3.98. The quantitative estimate of drug-likeness (QED) is 0.633. The van der Waals surface area contributed by atoms with E-state index in [9.17, 15) is 5.11 Å². The van der Waals surface area contributed by atoms with E-state index < -0.39 is 0 Å². The van der Waals surface area contributed by atoms with E-state index >= 15 is 0 Å². The van der Waals surface area contributed by atoms with Crippen LogP contribution in [0.2, 0.25) is 0 Å². The van der Waals surface area contributed by atoms with Gasteiger partial charge < -0.3 is 9.84 Å². The van der Waals surface area contributed by atoms with Crippen LogP contribution in [0.3, 0.4) is 0 Å². The second-order valence-corrected chi connectivity index (χ2v) is 3.98. The summed E-state index contributed by atoms with van der Waals surface area (Å²) in [7, 11) is 0. The molecule has 0 bridgehead atoms. The highest BCUT2D eigenvalue weighted by Gasteiger charge is 2.30. The number of aryl methyl sites for hydroxylation is 1. The van der Waals surface area contributed by atoms with Gasteiger partial charge in [-0.15, -0.1) is 0 Å². The number of rotatable bonds is 0. The van der Waals surface area contributed by atoms with Gasteiger partial charge in [-0.1, -0.05) is 12.2 Å². The lowest BCUT2D eigenvalue weighted by Crippen LogP contribution is -2.04. The molecule has 0 aromatic heterocycles. The molecular formula is C12H12O2. The summed E-state index contributed by atoms with van der Waals surface area (Å²) >= 11 is 0. The largest absolute Gasteiger partial charge is 0.504 e. The summed E-state index contributed by atoms with van der Waals surface area (Å²) < 4.78 is 5.51. The molecule has 1 aromatic rings. The Hall–Kier alpha value is -1.44. The highest BCUT2D eigenvalue weighted by Crippen LogP contribution is 2.46. The Morgan fingerprint density at radius 3 is 3.21 bits per heavy atom. The molecule has 1 aliphatic heterocycles. The molecule has 0 spiro atoms. The van der Waals surface area contributed by atoms with Crippen LogP contribution >= 0.6 is 0 Å². The molecule has 14 heavy (non-hydrogen) atoms. The minimum atomic E-state index is 0.291. The van der Waals surface area contributed by atoms with E-state index in [1.807, 2.05) is 6.92 Å². The first kappa shape index (κ1) is 7.92. The van der Waals surface area contributed by atoms with Gasteiger partial charge in [0.1, 0.15) is 0 Å². The number of aromatic hydroxyl groups is 1. The molecule has 3 rings (SSSR count). The molecule has 1 unspecified atom stereocenters. The molecule has 0 radical (unpaired) electrons. The average Bonchev–Trinajstić information content (AvgIpc) is 2.59. The first-order valence-electron chi connectivity index (χ1n) is 4.92. The van der Waals surface area contributed by atoms with Crippen molar-refractivity contribution in [2.45, 2.75) is 19.3 Å². The Labute approximate surface area is 82.8 Å². The number of ether oxygens (including phenoxy) is 1. The molecule has 1 N–H and O–H groups in total. The lowest BCUT2D eigenvalue weighted by molar-refractivity contribution is 0.326. The van der Waals surface area contributed by atoms with Gasteiger partial charge in [0.15, 0.2) is 11.5 Å². The van der Waals surface area contributed by atoms with E-state index in [1.165, 1.54) is 16.7 Å². The standard InChI is InChI=1S/C12H12O2/c1-7-5-10(13)12-11-8(6-14-12)3-2-4-9(7)11/h2-3,5,8,13H,4,6H2,1H3. The lowest BCUT2D eigenvalue weighted by Gasteiger charge is -2.16. The van der Waals surface area contributed by atoms with Gasteiger partial charge in [-0.3, -0.25) is 0 Å². The van der Waals surface area contributed by atoms with Crippen LogP contribution in [-0.4, -0.2) is 11.7 Å². The Morgan fingerprint density at radius 2 is 2.36 bits per heavy atom. The molecule has 2 aliphatic rings. The van der Waals surface area contributed by atoms with E-state index in [2.05, 4.69) is 12.2 Å². The van der Waals surface area contributed by atoms with Crippen molar-refractivity contribution in [1.29, 1.82) is 0 Å². The van der Waals surface area contributed by atoms with Crippen LogP contribution in [0.15, 0.2) is 18.2 Å². The van der Waals surface area contributed by atoms with Crippen molar-refractivity contribution in [3.63, 3.8) is 0 Å². The SMILES string of the molecule is Cc1cc(O)c2c3c1CC=CC3CO2. The Morgan fingerprint density at radius 1 is 1.50 bits per heavy atom. The van der Waals surface area contributed by atoms with Crippen molar-refractivity contribution in [2.75, 3.05) is 6.61 Å². The van der Waals surface area contributed by atoms with E-state index in [-0.39, 0.29) is 0 Å². The summed E-state index contributed by atoms with van der Waals surface area (Å²) in [5.74, 6) is 1.36. The molecule has 0 amide bonds. The number of phenols is 1. The van der Waals surface area contributed by atoms with Crippen LogP contribution in [0.25, 0.3) is 0 Å². The number of benzene rings is 1. The van der Waals surface area contributed by atoms with Gasteiger partial charge in [0, 0.05) is 11.5 Å². The predicted octanol–water partition coefficient (Wildman–Crippen LogP) is 2.29. The maximum absolute atomic E-state index is 9.72. The normalized spacial score (nSPS) is 21.9. The molecule has 0 fully saturated rings. The fraction of sp³-hybridized carbons (Fsp3) is 0.333. The summed E-state index contributed by atoms with van der Waals surface area (Å²) in [6, 6.07) is 1.80. The number of allylic oxidation sites excluding steroid dienone is 1. The molecular weight excluding hydrogens is 176 g/mol. The van der Waals surface area contributed by atoms with Crippen molar-refractivity contribution in [1.82, 2.24) is 0 Å². The zero-order chi connectivity index (χ0) is 9.71. The minimum absolute atomic E-state index is 0.291. The van der Waals surface area contributed by atoms with Crippen molar-refractivity contribution < 1.29 is 9.84 Å². The van der Waals surface area contributed by atoms with Crippen molar-refractivity contribution in [3.8, 4) is 11.5 Å². The van der Waals surface area contributed by atoms with E-state index in [0.29, 0.717) is 24.0 Å². The summed E-state index contributed by atoms with van der Waals surface area (Å²) in [6.45, 7) is 2.72. The fourth-order valence-electron chi connectivity index (χ4n) is 2.42. The third-order valence-electron chi connectivity index (χ3n) is 3.10. The smallest absolute Gasteiger partial charge is 0.165 e. The van der Waals surface area contributed by atoms with Crippen molar-refractivity contribution in [3.05, 3.63) is 34.9 Å². The zero-order valence-electron chi connectivity index (χ0n) is 8.08.